The number of amides is 1. The lowest BCUT2D eigenvalue weighted by molar-refractivity contribution is -0.133. The second-order valence-electron chi connectivity index (χ2n) is 7.03. The smallest absolute Gasteiger partial charge is 0.374 e. The molecule has 1 fully saturated rings. The molecule has 0 spiro atoms. The van der Waals surface area contributed by atoms with Crippen molar-refractivity contribution in [2.75, 3.05) is 32.8 Å². The molecule has 2 aromatic heterocycles. The van der Waals surface area contributed by atoms with E-state index >= 15 is 0 Å². The third kappa shape index (κ3) is 4.12. The van der Waals surface area contributed by atoms with Gasteiger partial charge in [-0.25, -0.2) is 13.2 Å². The van der Waals surface area contributed by atoms with Crippen molar-refractivity contribution in [3.05, 3.63) is 34.9 Å². The second kappa shape index (κ2) is 8.60. The molecule has 1 amide bonds. The molecule has 1 unspecified atom stereocenters. The highest BCUT2D eigenvalue weighted by Gasteiger charge is 2.35. The first kappa shape index (κ1) is 22.0. The van der Waals surface area contributed by atoms with Gasteiger partial charge in [0.1, 0.15) is 5.76 Å². The molecule has 164 valence electrons. The number of hydrogen-bond donors (Lipinski definition) is 0. The van der Waals surface area contributed by atoms with Crippen LogP contribution < -0.4 is 0 Å². The quantitative estimate of drug-likeness (QED) is 0.623. The van der Waals surface area contributed by atoms with E-state index in [0.717, 1.165) is 5.56 Å². The molecular weight excluding hydrogens is 414 g/mol. The standard InChI is InChI=1S/C19H25N3O7S/c1-5-27-19(24)15-6-7-16(28-15)30(25,26)22-10-8-21(9-11-22)18(23)12(2)17-13(3)20-29-14(17)4/h6-7,12H,5,8-11H2,1-4H3. The van der Waals surface area contributed by atoms with E-state index in [4.69, 9.17) is 13.7 Å². The lowest BCUT2D eigenvalue weighted by atomic mass is 9.98. The molecule has 30 heavy (non-hydrogen) atoms. The maximum Gasteiger partial charge on any atom is 0.374 e. The minimum Gasteiger partial charge on any atom is -0.460 e. The normalized spacial score (nSPS) is 16.5. The highest BCUT2D eigenvalue weighted by atomic mass is 32.2. The highest BCUT2D eigenvalue weighted by molar-refractivity contribution is 7.89. The Hall–Kier alpha value is -2.66. The van der Waals surface area contributed by atoms with Crippen LogP contribution in [0.4, 0.5) is 0 Å². The van der Waals surface area contributed by atoms with E-state index in [1.54, 1.807) is 32.6 Å². The molecule has 0 saturated carbocycles. The molecule has 0 aliphatic carbocycles. The SMILES string of the molecule is CCOC(=O)c1ccc(S(=O)(=O)N2CCN(C(=O)C(C)c3c(C)noc3C)CC2)o1. The summed E-state index contributed by atoms with van der Waals surface area (Å²) in [6.45, 7) is 7.88. The van der Waals surface area contributed by atoms with Crippen LogP contribution in [0.1, 0.15) is 47.3 Å². The predicted octanol–water partition coefficient (Wildman–Crippen LogP) is 1.70. The fourth-order valence-electron chi connectivity index (χ4n) is 3.55. The van der Waals surface area contributed by atoms with Crippen molar-refractivity contribution in [1.29, 1.82) is 0 Å². The number of ether oxygens (including phenoxy) is 1. The Labute approximate surface area is 174 Å². The van der Waals surface area contributed by atoms with Gasteiger partial charge in [0.2, 0.25) is 16.8 Å². The first-order valence-corrected chi connectivity index (χ1v) is 11.1. The first-order valence-electron chi connectivity index (χ1n) is 9.65. The van der Waals surface area contributed by atoms with Crippen molar-refractivity contribution in [3.63, 3.8) is 0 Å². The average molecular weight is 439 g/mol. The maximum absolute atomic E-state index is 12.9. The molecule has 10 nitrogen and oxygen atoms in total. The van der Waals surface area contributed by atoms with E-state index in [1.807, 2.05) is 0 Å². The molecule has 1 atom stereocenters. The molecule has 3 rings (SSSR count). The van der Waals surface area contributed by atoms with Crippen LogP contribution in [0.25, 0.3) is 0 Å². The highest BCUT2D eigenvalue weighted by Crippen LogP contribution is 2.26. The summed E-state index contributed by atoms with van der Waals surface area (Å²) in [6.07, 6.45) is 0. The topological polar surface area (TPSA) is 123 Å². The number of hydrogen-bond acceptors (Lipinski definition) is 8. The van der Waals surface area contributed by atoms with Crippen molar-refractivity contribution in [3.8, 4) is 0 Å². The van der Waals surface area contributed by atoms with Gasteiger partial charge in [-0.15, -0.1) is 0 Å². The van der Waals surface area contributed by atoms with Crippen LogP contribution >= 0.6 is 0 Å². The monoisotopic (exact) mass is 439 g/mol. The predicted molar refractivity (Wildman–Crippen MR) is 104 cm³/mol. The lowest BCUT2D eigenvalue weighted by Gasteiger charge is -2.34. The molecule has 0 aromatic carbocycles. The Morgan fingerprint density at radius 1 is 1.20 bits per heavy atom. The number of furan rings is 1. The summed E-state index contributed by atoms with van der Waals surface area (Å²) < 4.78 is 42.1. The molecule has 2 aromatic rings. The molecule has 0 bridgehead atoms. The number of piperazine rings is 1. The third-order valence-electron chi connectivity index (χ3n) is 5.09. The number of rotatable bonds is 6. The van der Waals surface area contributed by atoms with Crippen molar-refractivity contribution in [1.82, 2.24) is 14.4 Å². The summed E-state index contributed by atoms with van der Waals surface area (Å²) in [5, 5.41) is 3.57. The summed E-state index contributed by atoms with van der Waals surface area (Å²) in [5.41, 5.74) is 1.43. The molecule has 0 N–H and O–H groups in total. The van der Waals surface area contributed by atoms with Gasteiger partial charge < -0.3 is 18.6 Å². The minimum absolute atomic E-state index is 0.107. The van der Waals surface area contributed by atoms with Crippen molar-refractivity contribution in [2.24, 2.45) is 0 Å². The summed E-state index contributed by atoms with van der Waals surface area (Å²) >= 11 is 0. The fraction of sp³-hybridized carbons (Fsp3) is 0.526. The number of aryl methyl sites for hydroxylation is 2. The largest absolute Gasteiger partial charge is 0.460 e. The van der Waals surface area contributed by atoms with E-state index in [9.17, 15) is 18.0 Å². The van der Waals surface area contributed by atoms with Crippen LogP contribution in [0.15, 0.2) is 26.2 Å². The number of aromatic nitrogens is 1. The van der Waals surface area contributed by atoms with E-state index in [-0.39, 0.29) is 49.5 Å². The maximum atomic E-state index is 12.9. The van der Waals surface area contributed by atoms with Crippen molar-refractivity contribution >= 4 is 21.9 Å². The molecule has 1 aliphatic heterocycles. The van der Waals surface area contributed by atoms with Crippen LogP contribution in [0, 0.1) is 13.8 Å². The van der Waals surface area contributed by atoms with E-state index in [2.05, 4.69) is 5.16 Å². The lowest BCUT2D eigenvalue weighted by Crippen LogP contribution is -2.51. The zero-order valence-electron chi connectivity index (χ0n) is 17.4. The Balaban J connectivity index is 1.66. The number of esters is 1. The van der Waals surface area contributed by atoms with Crippen LogP contribution in [0.3, 0.4) is 0 Å². The van der Waals surface area contributed by atoms with E-state index in [0.29, 0.717) is 11.5 Å². The van der Waals surface area contributed by atoms with Crippen LogP contribution in [0.5, 0.6) is 0 Å². The van der Waals surface area contributed by atoms with Gasteiger partial charge in [0.25, 0.3) is 10.0 Å². The Morgan fingerprint density at radius 3 is 2.43 bits per heavy atom. The van der Waals surface area contributed by atoms with Gasteiger partial charge in [-0.3, -0.25) is 4.79 Å². The van der Waals surface area contributed by atoms with Gasteiger partial charge in [-0.2, -0.15) is 4.31 Å². The van der Waals surface area contributed by atoms with Crippen molar-refractivity contribution in [2.45, 2.75) is 38.7 Å². The Kier molecular flexibility index (Phi) is 6.32. The third-order valence-corrected chi connectivity index (χ3v) is 6.87. The zero-order chi connectivity index (χ0) is 22.1. The summed E-state index contributed by atoms with van der Waals surface area (Å²) in [5.74, 6) is -0.828. The summed E-state index contributed by atoms with van der Waals surface area (Å²) in [7, 11) is -3.92. The van der Waals surface area contributed by atoms with Crippen LogP contribution in [0.2, 0.25) is 0 Å². The minimum atomic E-state index is -3.92. The van der Waals surface area contributed by atoms with Gasteiger partial charge in [0, 0.05) is 31.7 Å². The average Bonchev–Trinajstić information content (AvgIpc) is 3.35. The van der Waals surface area contributed by atoms with Gasteiger partial charge in [-0.1, -0.05) is 5.16 Å². The van der Waals surface area contributed by atoms with Crippen molar-refractivity contribution < 1.29 is 31.7 Å². The summed E-state index contributed by atoms with van der Waals surface area (Å²) in [4.78, 5) is 26.2. The molecule has 0 radical (unpaired) electrons. The van der Waals surface area contributed by atoms with Gasteiger partial charge in [0.15, 0.2) is 0 Å². The Bertz CT molecular complexity index is 1010. The molecular formula is C19H25N3O7S. The molecule has 1 saturated heterocycles. The van der Waals surface area contributed by atoms with Gasteiger partial charge in [0.05, 0.1) is 18.2 Å². The molecule has 1 aliphatic rings. The van der Waals surface area contributed by atoms with E-state index < -0.39 is 21.9 Å². The van der Waals surface area contributed by atoms with Gasteiger partial charge >= 0.3 is 5.97 Å². The molecule has 11 heteroatoms. The number of carbonyl (C=O) groups is 2. The van der Waals surface area contributed by atoms with Crippen LogP contribution in [-0.4, -0.2) is 67.4 Å². The number of sulfonamides is 1. The van der Waals surface area contributed by atoms with Gasteiger partial charge in [-0.05, 0) is 39.8 Å². The Morgan fingerprint density at radius 2 is 1.87 bits per heavy atom. The fourth-order valence-corrected chi connectivity index (χ4v) is 4.89. The first-order chi connectivity index (χ1) is 14.2. The van der Waals surface area contributed by atoms with E-state index in [1.165, 1.54) is 16.4 Å². The number of nitrogens with zero attached hydrogens (tertiary/aromatic N) is 3. The zero-order valence-corrected chi connectivity index (χ0v) is 18.2. The molecule has 3 heterocycles. The summed E-state index contributed by atoms with van der Waals surface area (Å²) in [6, 6.07) is 2.51. The second-order valence-corrected chi connectivity index (χ2v) is 8.90. The number of carbonyl (C=O) groups excluding carboxylic acids is 2. The van der Waals surface area contributed by atoms with Crippen LogP contribution in [-0.2, 0) is 19.6 Å².